The lowest BCUT2D eigenvalue weighted by Gasteiger charge is -2.41. The van der Waals surface area contributed by atoms with Crippen molar-refractivity contribution in [1.82, 2.24) is 14.9 Å². The fraction of sp³-hybridized carbons (Fsp3) is 0.500. The van der Waals surface area contributed by atoms with Gasteiger partial charge in [-0.2, -0.15) is 5.06 Å². The Bertz CT molecular complexity index is 1190. The summed E-state index contributed by atoms with van der Waals surface area (Å²) in [7, 11) is -3.98. The summed E-state index contributed by atoms with van der Waals surface area (Å²) in [6, 6.07) is 6.30. The van der Waals surface area contributed by atoms with Crippen LogP contribution in [0.25, 0.3) is 0 Å². The Morgan fingerprint density at radius 2 is 1.66 bits per heavy atom. The summed E-state index contributed by atoms with van der Waals surface area (Å²) < 4.78 is 36.6. The third kappa shape index (κ3) is 6.14. The number of rotatable bonds is 10. The van der Waals surface area contributed by atoms with Crippen molar-refractivity contribution in [3.8, 4) is 0 Å². The van der Waals surface area contributed by atoms with E-state index in [2.05, 4.69) is 6.58 Å². The van der Waals surface area contributed by atoms with Gasteiger partial charge in [0.15, 0.2) is 15.4 Å². The van der Waals surface area contributed by atoms with Crippen LogP contribution in [0.2, 0.25) is 0 Å². The zero-order valence-corrected chi connectivity index (χ0v) is 22.0. The predicted molar refractivity (Wildman–Crippen MR) is 130 cm³/mol. The Balaban J connectivity index is 2.07. The van der Waals surface area contributed by atoms with E-state index < -0.39 is 70.4 Å². The van der Waals surface area contributed by atoms with Crippen LogP contribution in [0.1, 0.15) is 26.7 Å². The zero-order chi connectivity index (χ0) is 28.1. The maximum absolute atomic E-state index is 13.8. The molecule has 0 aliphatic carbocycles. The molecule has 2 atom stereocenters. The van der Waals surface area contributed by atoms with E-state index in [0.29, 0.717) is 23.1 Å². The van der Waals surface area contributed by atoms with E-state index in [1.165, 1.54) is 24.3 Å². The van der Waals surface area contributed by atoms with Gasteiger partial charge < -0.3 is 24.3 Å². The van der Waals surface area contributed by atoms with Gasteiger partial charge in [-0.15, -0.1) is 0 Å². The molecule has 2 aliphatic rings. The van der Waals surface area contributed by atoms with Gasteiger partial charge in [0.2, 0.25) is 0 Å². The first-order valence-corrected chi connectivity index (χ1v) is 13.7. The van der Waals surface area contributed by atoms with Crippen molar-refractivity contribution in [2.75, 3.05) is 38.5 Å². The van der Waals surface area contributed by atoms with E-state index in [0.717, 1.165) is 6.08 Å². The number of fused-ring (bicyclic) bond motifs is 3. The second-order valence-corrected chi connectivity index (χ2v) is 10.9. The summed E-state index contributed by atoms with van der Waals surface area (Å²) >= 11 is 0. The lowest BCUT2D eigenvalue weighted by atomic mass is 9.96. The first kappa shape index (κ1) is 29.1. The molecule has 2 aliphatic heterocycles. The van der Waals surface area contributed by atoms with E-state index >= 15 is 0 Å². The van der Waals surface area contributed by atoms with Crippen molar-refractivity contribution in [3.05, 3.63) is 43.0 Å². The highest BCUT2D eigenvalue weighted by molar-refractivity contribution is 7.91. The molecule has 1 N–H and O–H groups in total. The Morgan fingerprint density at radius 1 is 1.03 bits per heavy atom. The number of urea groups is 1. The third-order valence-corrected chi connectivity index (χ3v) is 7.95. The normalized spacial score (nSPS) is 24.5. The molecule has 0 saturated carbocycles. The van der Waals surface area contributed by atoms with E-state index in [1.54, 1.807) is 6.07 Å². The van der Waals surface area contributed by atoms with E-state index in [-0.39, 0.29) is 18.0 Å². The SMILES string of the molecule is C=CC12OC(=O)CC(O)(CC(=O)ON(CCN(CC)CC)C(=O)N1CCS(=O)(=O)c1ccccc1)C(=O)O2. The first-order chi connectivity index (χ1) is 17.9. The van der Waals surface area contributed by atoms with Gasteiger partial charge in [0.05, 0.1) is 30.0 Å². The number of carbonyl (C=O) groups is 4. The number of benzene rings is 1. The van der Waals surface area contributed by atoms with Crippen molar-refractivity contribution in [2.45, 2.75) is 43.1 Å². The van der Waals surface area contributed by atoms with Gasteiger partial charge in [0.25, 0.3) is 0 Å². The molecule has 2 heterocycles. The van der Waals surface area contributed by atoms with Crippen LogP contribution in [0.4, 0.5) is 4.79 Å². The Morgan fingerprint density at radius 3 is 2.26 bits per heavy atom. The number of aliphatic hydroxyl groups is 1. The fourth-order valence-electron chi connectivity index (χ4n) is 4.02. The van der Waals surface area contributed by atoms with Crippen LogP contribution in [0.3, 0.4) is 0 Å². The van der Waals surface area contributed by atoms with Gasteiger partial charge in [0, 0.05) is 19.2 Å². The molecule has 2 amide bonds. The largest absolute Gasteiger partial charge is 0.400 e. The molecule has 14 heteroatoms. The third-order valence-electron chi connectivity index (χ3n) is 6.24. The topological polar surface area (TPSA) is 160 Å². The number of likely N-dealkylation sites (N-methyl/N-ethyl adjacent to an activating group) is 1. The van der Waals surface area contributed by atoms with E-state index in [1.807, 2.05) is 18.7 Å². The van der Waals surface area contributed by atoms with E-state index in [9.17, 15) is 32.7 Å². The Hall–Kier alpha value is -3.49. The molecule has 2 saturated heterocycles. The highest BCUT2D eigenvalue weighted by atomic mass is 32.2. The zero-order valence-electron chi connectivity index (χ0n) is 21.2. The number of carbonyl (C=O) groups excluding carboxylic acids is 4. The Labute approximate surface area is 220 Å². The molecule has 0 spiro atoms. The highest BCUT2D eigenvalue weighted by Crippen LogP contribution is 2.34. The Kier molecular flexibility index (Phi) is 8.79. The minimum atomic E-state index is -3.98. The number of sulfone groups is 1. The van der Waals surface area contributed by atoms with Crippen LogP contribution in [-0.4, -0.2) is 102 Å². The van der Waals surface area contributed by atoms with Crippen molar-refractivity contribution >= 4 is 33.8 Å². The predicted octanol–water partition coefficient (Wildman–Crippen LogP) is 0.449. The molecule has 2 bridgehead atoms. The number of esters is 2. The maximum atomic E-state index is 13.8. The molecule has 2 fully saturated rings. The summed E-state index contributed by atoms with van der Waals surface area (Å²) in [4.78, 5) is 59.8. The molecular weight excluding hydrogens is 522 g/mol. The van der Waals surface area contributed by atoms with Crippen molar-refractivity contribution in [2.24, 2.45) is 0 Å². The molecular formula is C24H31N3O10S. The van der Waals surface area contributed by atoms with Crippen molar-refractivity contribution < 1.29 is 47.0 Å². The molecule has 13 nitrogen and oxygen atoms in total. The molecule has 1 aromatic carbocycles. The lowest BCUT2D eigenvalue weighted by molar-refractivity contribution is -0.258. The van der Waals surface area contributed by atoms with Crippen molar-refractivity contribution in [3.63, 3.8) is 0 Å². The summed E-state index contributed by atoms with van der Waals surface area (Å²) in [6.07, 6.45) is -1.14. The van der Waals surface area contributed by atoms with Gasteiger partial charge in [-0.25, -0.2) is 27.7 Å². The van der Waals surface area contributed by atoms with Crippen LogP contribution in [0, 0.1) is 0 Å². The summed E-state index contributed by atoms with van der Waals surface area (Å²) in [5.74, 6) is -7.13. The number of hydrogen-bond acceptors (Lipinski definition) is 11. The van der Waals surface area contributed by atoms with Gasteiger partial charge >= 0.3 is 29.9 Å². The van der Waals surface area contributed by atoms with Crippen LogP contribution >= 0.6 is 0 Å². The first-order valence-electron chi connectivity index (χ1n) is 12.0. The second-order valence-electron chi connectivity index (χ2n) is 8.74. The number of nitrogens with zero attached hydrogens (tertiary/aromatic N) is 3. The molecule has 2 unspecified atom stereocenters. The van der Waals surface area contributed by atoms with Gasteiger partial charge in [0.1, 0.15) is 0 Å². The summed E-state index contributed by atoms with van der Waals surface area (Å²) in [6.45, 7) is 7.98. The molecule has 1 aromatic rings. The molecule has 0 radical (unpaired) electrons. The number of hydrogen-bond donors (Lipinski definition) is 1. The second kappa shape index (κ2) is 11.5. The van der Waals surface area contributed by atoms with Crippen LogP contribution in [-0.2, 0) is 38.5 Å². The van der Waals surface area contributed by atoms with Gasteiger partial charge in [-0.3, -0.25) is 4.79 Å². The average molecular weight is 554 g/mol. The number of hydroxylamine groups is 2. The quantitative estimate of drug-likeness (QED) is 0.316. The minimum Gasteiger partial charge on any atom is -0.400 e. The standard InChI is InChI=1S/C24H31N3O10S/c1-4-24-26(14-15-38(33,34)18-10-8-7-9-11-18)22(31)27(13-12-25(5-2)6-3)37-20(29)17-23(32,21(30)36-24)16-19(28)35-24/h4,7-11,32H,1,5-6,12-17H2,2-3H3. The molecule has 38 heavy (non-hydrogen) atoms. The van der Waals surface area contributed by atoms with E-state index in [4.69, 9.17) is 14.3 Å². The summed E-state index contributed by atoms with van der Waals surface area (Å²) in [5.41, 5.74) is -2.65. The monoisotopic (exact) mass is 553 g/mol. The number of amides is 2. The van der Waals surface area contributed by atoms with Crippen LogP contribution in [0.5, 0.6) is 0 Å². The summed E-state index contributed by atoms with van der Waals surface area (Å²) in [5, 5.41) is 11.5. The van der Waals surface area contributed by atoms with Gasteiger partial charge in [-0.05, 0) is 25.2 Å². The average Bonchev–Trinajstić information content (AvgIpc) is 2.97. The van der Waals surface area contributed by atoms with Crippen LogP contribution < -0.4 is 0 Å². The van der Waals surface area contributed by atoms with Crippen LogP contribution in [0.15, 0.2) is 47.9 Å². The smallest absolute Gasteiger partial charge is 0.367 e. The fourth-order valence-corrected chi connectivity index (χ4v) is 5.25. The maximum Gasteiger partial charge on any atom is 0.367 e. The van der Waals surface area contributed by atoms with Gasteiger partial charge in [-0.1, -0.05) is 38.6 Å². The number of ether oxygens (including phenoxy) is 2. The molecule has 208 valence electrons. The lowest BCUT2D eigenvalue weighted by Crippen LogP contribution is -2.61. The molecule has 0 aromatic heterocycles. The molecule has 3 rings (SSSR count). The minimum absolute atomic E-state index is 0.0322. The highest BCUT2D eigenvalue weighted by Gasteiger charge is 2.57. The van der Waals surface area contributed by atoms with Crippen molar-refractivity contribution in [1.29, 1.82) is 0 Å².